The molecule has 0 aromatic carbocycles. The van der Waals surface area contributed by atoms with Gasteiger partial charge in [0.05, 0.1) is 0 Å². The van der Waals surface area contributed by atoms with E-state index in [1.165, 1.54) is 70.6 Å². The summed E-state index contributed by atoms with van der Waals surface area (Å²) in [6, 6.07) is 0. The van der Waals surface area contributed by atoms with E-state index in [1.807, 2.05) is 0 Å². The second kappa shape index (κ2) is 8.91. The molecular weight excluding hydrogens is 276 g/mol. The average molecular weight is 319 g/mol. The predicted molar refractivity (Wildman–Crippen MR) is 102 cm³/mol. The Balaban J connectivity index is 1.88. The lowest BCUT2D eigenvalue weighted by atomic mass is 9.50. The van der Waals surface area contributed by atoms with Gasteiger partial charge in [-0.25, -0.2) is 0 Å². The topological polar surface area (TPSA) is 0 Å². The van der Waals surface area contributed by atoms with Crippen LogP contribution in [0.1, 0.15) is 122 Å². The Morgan fingerprint density at radius 2 is 0.913 bits per heavy atom. The Labute approximate surface area is 146 Å². The van der Waals surface area contributed by atoms with E-state index in [0.29, 0.717) is 0 Å². The van der Waals surface area contributed by atoms with Gasteiger partial charge in [-0.05, 0) is 68.1 Å². The van der Waals surface area contributed by atoms with Crippen molar-refractivity contribution in [2.75, 3.05) is 0 Å². The van der Waals surface area contributed by atoms with Crippen LogP contribution in [0, 0.1) is 23.2 Å². The van der Waals surface area contributed by atoms with Crippen molar-refractivity contribution in [3.63, 3.8) is 0 Å². The molecule has 3 aliphatic carbocycles. The number of hydrogen-bond acceptors (Lipinski definition) is 0. The van der Waals surface area contributed by atoms with Crippen molar-refractivity contribution >= 4 is 0 Å². The molecule has 0 radical (unpaired) electrons. The summed E-state index contributed by atoms with van der Waals surface area (Å²) in [5.74, 6) is 3.27. The molecular formula is C23H42. The van der Waals surface area contributed by atoms with E-state index >= 15 is 0 Å². The van der Waals surface area contributed by atoms with E-state index < -0.39 is 0 Å². The maximum atomic E-state index is 2.42. The van der Waals surface area contributed by atoms with Gasteiger partial charge in [0.1, 0.15) is 0 Å². The highest BCUT2D eigenvalue weighted by atomic mass is 14.5. The first-order valence-electron chi connectivity index (χ1n) is 11.4. The number of rotatable bonds is 6. The van der Waals surface area contributed by atoms with Crippen LogP contribution in [-0.2, 0) is 0 Å². The Kier molecular flexibility index (Phi) is 6.90. The summed E-state index contributed by atoms with van der Waals surface area (Å²) in [4.78, 5) is 0. The molecule has 0 aromatic rings. The maximum Gasteiger partial charge on any atom is -0.0213 e. The van der Waals surface area contributed by atoms with Crippen molar-refractivity contribution in [1.82, 2.24) is 0 Å². The van der Waals surface area contributed by atoms with Gasteiger partial charge >= 0.3 is 0 Å². The van der Waals surface area contributed by atoms with Crippen LogP contribution in [0.15, 0.2) is 0 Å². The Bertz CT molecular complexity index is 267. The molecule has 134 valence electrons. The molecule has 0 saturated heterocycles. The quantitative estimate of drug-likeness (QED) is 0.467. The Morgan fingerprint density at radius 3 is 1.22 bits per heavy atom. The third-order valence-corrected chi connectivity index (χ3v) is 8.06. The van der Waals surface area contributed by atoms with Crippen LogP contribution >= 0.6 is 0 Å². The molecule has 0 atom stereocenters. The molecule has 0 nitrogen and oxygen atoms in total. The maximum absolute atomic E-state index is 2.42. The summed E-state index contributed by atoms with van der Waals surface area (Å²) in [7, 11) is 0. The molecule has 0 spiro atoms. The molecule has 3 rings (SSSR count). The number of unbranched alkanes of at least 4 members (excludes halogenated alkanes) is 1. The van der Waals surface area contributed by atoms with Crippen LogP contribution in [0.25, 0.3) is 0 Å². The molecule has 0 unspecified atom stereocenters. The third kappa shape index (κ3) is 3.98. The molecule has 0 aromatic heterocycles. The molecule has 0 N–H and O–H groups in total. The minimum absolute atomic E-state index is 0.761. The summed E-state index contributed by atoms with van der Waals surface area (Å²) in [5, 5.41) is 0. The minimum Gasteiger partial charge on any atom is -0.0654 e. The van der Waals surface area contributed by atoms with Crippen molar-refractivity contribution < 1.29 is 0 Å². The van der Waals surface area contributed by atoms with Crippen LogP contribution < -0.4 is 0 Å². The van der Waals surface area contributed by atoms with Gasteiger partial charge in [0.15, 0.2) is 0 Å². The van der Waals surface area contributed by atoms with Crippen molar-refractivity contribution in [3.05, 3.63) is 0 Å². The van der Waals surface area contributed by atoms with Gasteiger partial charge < -0.3 is 0 Å². The fourth-order valence-corrected chi connectivity index (χ4v) is 7.02. The Morgan fingerprint density at radius 1 is 0.565 bits per heavy atom. The minimum atomic E-state index is 0.761. The summed E-state index contributed by atoms with van der Waals surface area (Å²) in [6.07, 6.45) is 27.8. The molecule has 0 heterocycles. The summed E-state index contributed by atoms with van der Waals surface area (Å²) in [6.45, 7) is 2.42. The highest BCUT2D eigenvalue weighted by molar-refractivity contribution is 4.99. The second-order valence-corrected chi connectivity index (χ2v) is 9.22. The molecule has 0 amide bonds. The SMILES string of the molecule is CCCCC(C1CCCCC1)(C1CCCCC1)C1CCCCC1. The molecule has 0 heteroatoms. The first-order valence-corrected chi connectivity index (χ1v) is 11.4. The van der Waals surface area contributed by atoms with E-state index in [-0.39, 0.29) is 0 Å². The number of hydrogen-bond donors (Lipinski definition) is 0. The zero-order valence-electron chi connectivity index (χ0n) is 16.0. The van der Waals surface area contributed by atoms with E-state index in [9.17, 15) is 0 Å². The van der Waals surface area contributed by atoms with Gasteiger partial charge in [0, 0.05) is 0 Å². The van der Waals surface area contributed by atoms with Crippen LogP contribution in [-0.4, -0.2) is 0 Å². The van der Waals surface area contributed by atoms with Crippen LogP contribution in [0.4, 0.5) is 0 Å². The van der Waals surface area contributed by atoms with Gasteiger partial charge in [0.2, 0.25) is 0 Å². The van der Waals surface area contributed by atoms with Gasteiger partial charge in [0.25, 0.3) is 0 Å². The van der Waals surface area contributed by atoms with Crippen molar-refractivity contribution in [2.24, 2.45) is 23.2 Å². The zero-order valence-corrected chi connectivity index (χ0v) is 16.0. The van der Waals surface area contributed by atoms with Crippen LogP contribution in [0.5, 0.6) is 0 Å². The highest BCUT2D eigenvalue weighted by Gasteiger charge is 2.49. The standard InChI is InChI=1S/C23H42/c1-2-3-19-23(20-13-7-4-8-14-20,21-15-9-5-10-16-21)22-17-11-6-12-18-22/h20-22H,2-19H2,1H3. The fourth-order valence-electron chi connectivity index (χ4n) is 7.02. The lowest BCUT2D eigenvalue weighted by molar-refractivity contribution is -0.0568. The van der Waals surface area contributed by atoms with Gasteiger partial charge in [-0.1, -0.05) is 77.6 Å². The van der Waals surface area contributed by atoms with E-state index in [0.717, 1.165) is 23.2 Å². The molecule has 0 bridgehead atoms. The average Bonchev–Trinajstić information content (AvgIpc) is 2.65. The van der Waals surface area contributed by atoms with Crippen molar-refractivity contribution in [1.29, 1.82) is 0 Å². The molecule has 3 aliphatic rings. The first kappa shape index (κ1) is 17.8. The molecule has 0 aliphatic heterocycles. The second-order valence-electron chi connectivity index (χ2n) is 9.22. The Hall–Kier alpha value is 0. The fraction of sp³-hybridized carbons (Fsp3) is 1.00. The third-order valence-electron chi connectivity index (χ3n) is 8.06. The molecule has 3 fully saturated rings. The zero-order chi connectivity index (χ0) is 16.0. The van der Waals surface area contributed by atoms with Gasteiger partial charge in [-0.2, -0.15) is 0 Å². The largest absolute Gasteiger partial charge is 0.0654 e. The lowest BCUT2D eigenvalue weighted by Gasteiger charge is -2.55. The van der Waals surface area contributed by atoms with Crippen LogP contribution in [0.2, 0.25) is 0 Å². The monoisotopic (exact) mass is 318 g/mol. The summed E-state index contributed by atoms with van der Waals surface area (Å²) in [5.41, 5.74) is 0.761. The van der Waals surface area contributed by atoms with Crippen LogP contribution in [0.3, 0.4) is 0 Å². The van der Waals surface area contributed by atoms with E-state index in [2.05, 4.69) is 6.92 Å². The van der Waals surface area contributed by atoms with E-state index in [4.69, 9.17) is 0 Å². The lowest BCUT2D eigenvalue weighted by Crippen LogP contribution is -2.46. The summed E-state index contributed by atoms with van der Waals surface area (Å²) >= 11 is 0. The predicted octanol–water partition coefficient (Wildman–Crippen LogP) is 7.90. The first-order chi connectivity index (χ1) is 11.4. The highest BCUT2D eigenvalue weighted by Crippen LogP contribution is 2.59. The van der Waals surface area contributed by atoms with E-state index in [1.54, 1.807) is 44.9 Å². The van der Waals surface area contributed by atoms with Crippen molar-refractivity contribution in [2.45, 2.75) is 122 Å². The van der Waals surface area contributed by atoms with Gasteiger partial charge in [-0.15, -0.1) is 0 Å². The van der Waals surface area contributed by atoms with Crippen molar-refractivity contribution in [3.8, 4) is 0 Å². The summed E-state index contributed by atoms with van der Waals surface area (Å²) < 4.78 is 0. The molecule has 23 heavy (non-hydrogen) atoms. The smallest absolute Gasteiger partial charge is 0.0213 e. The molecule has 3 saturated carbocycles. The van der Waals surface area contributed by atoms with Gasteiger partial charge in [-0.3, -0.25) is 0 Å². The normalized spacial score (nSPS) is 26.5.